The fourth-order valence-electron chi connectivity index (χ4n) is 2.97. The highest BCUT2D eigenvalue weighted by Crippen LogP contribution is 2.31. The van der Waals surface area contributed by atoms with E-state index in [0.717, 1.165) is 19.3 Å². The third-order valence-corrected chi connectivity index (χ3v) is 4.33. The fourth-order valence-corrected chi connectivity index (χ4v) is 2.97. The molecule has 25 heavy (non-hydrogen) atoms. The van der Waals surface area contributed by atoms with Crippen molar-refractivity contribution in [2.45, 2.75) is 45.6 Å². The predicted molar refractivity (Wildman–Crippen MR) is 88.2 cm³/mol. The van der Waals surface area contributed by atoms with E-state index < -0.39 is 0 Å². The molecule has 2 amide bonds. The maximum atomic E-state index is 12.8. The molecule has 1 atom stereocenters. The number of amides is 2. The van der Waals surface area contributed by atoms with E-state index in [1.807, 2.05) is 0 Å². The summed E-state index contributed by atoms with van der Waals surface area (Å²) in [7, 11) is 1.63. The van der Waals surface area contributed by atoms with Crippen LogP contribution in [0.3, 0.4) is 0 Å². The van der Waals surface area contributed by atoms with Gasteiger partial charge in [0.15, 0.2) is 11.6 Å². The van der Waals surface area contributed by atoms with Crippen molar-refractivity contribution < 1.29 is 18.6 Å². The molecule has 3 heterocycles. The molecule has 0 aliphatic carbocycles. The molecule has 1 fully saturated rings. The van der Waals surface area contributed by atoms with Crippen LogP contribution in [0.25, 0.3) is 0 Å². The van der Waals surface area contributed by atoms with Gasteiger partial charge in [-0.25, -0.2) is 4.79 Å². The largest absolute Gasteiger partial charge is 0.384 e. The van der Waals surface area contributed by atoms with Crippen LogP contribution in [0.15, 0.2) is 9.05 Å². The molecule has 3 rings (SSSR count). The number of anilines is 1. The molecular formula is C16H23N5O4. The SMILES string of the molecule is COCCc1noc([C@H]2CCCCN2C(=O)Nc2c(C)noc2C)n1. The van der Waals surface area contributed by atoms with Crippen LogP contribution in [0, 0.1) is 13.8 Å². The number of hydrogen-bond acceptors (Lipinski definition) is 7. The first-order chi connectivity index (χ1) is 12.1. The van der Waals surface area contributed by atoms with Crippen molar-refractivity contribution in [3.63, 3.8) is 0 Å². The molecule has 9 nitrogen and oxygen atoms in total. The Morgan fingerprint density at radius 3 is 2.88 bits per heavy atom. The maximum Gasteiger partial charge on any atom is 0.322 e. The Kier molecular flexibility index (Phi) is 5.32. The second-order valence-electron chi connectivity index (χ2n) is 6.13. The van der Waals surface area contributed by atoms with Gasteiger partial charge in [-0.2, -0.15) is 4.98 Å². The summed E-state index contributed by atoms with van der Waals surface area (Å²) in [6.45, 7) is 4.72. The van der Waals surface area contributed by atoms with E-state index in [4.69, 9.17) is 13.8 Å². The molecule has 9 heteroatoms. The number of ether oxygens (including phenoxy) is 1. The van der Waals surface area contributed by atoms with Crippen molar-refractivity contribution in [1.29, 1.82) is 0 Å². The van der Waals surface area contributed by atoms with Crippen molar-refractivity contribution in [1.82, 2.24) is 20.2 Å². The van der Waals surface area contributed by atoms with Gasteiger partial charge in [-0.1, -0.05) is 10.3 Å². The number of rotatable bonds is 5. The van der Waals surface area contributed by atoms with Crippen LogP contribution < -0.4 is 5.32 Å². The molecule has 1 saturated heterocycles. The first kappa shape index (κ1) is 17.4. The third-order valence-electron chi connectivity index (χ3n) is 4.33. The molecule has 0 saturated carbocycles. The number of likely N-dealkylation sites (tertiary alicyclic amines) is 1. The number of urea groups is 1. The van der Waals surface area contributed by atoms with Crippen LogP contribution in [-0.4, -0.2) is 46.5 Å². The number of aromatic nitrogens is 3. The van der Waals surface area contributed by atoms with E-state index in [1.54, 1.807) is 25.9 Å². The number of carbonyl (C=O) groups is 1. The molecule has 1 aliphatic rings. The van der Waals surface area contributed by atoms with Gasteiger partial charge in [0.2, 0.25) is 5.89 Å². The van der Waals surface area contributed by atoms with Crippen molar-refractivity contribution in [2.24, 2.45) is 0 Å². The second-order valence-corrected chi connectivity index (χ2v) is 6.13. The van der Waals surface area contributed by atoms with Crippen LogP contribution in [0.5, 0.6) is 0 Å². The van der Waals surface area contributed by atoms with Crippen LogP contribution in [-0.2, 0) is 11.2 Å². The van der Waals surface area contributed by atoms with Crippen LogP contribution in [0.2, 0.25) is 0 Å². The van der Waals surface area contributed by atoms with Gasteiger partial charge in [-0.15, -0.1) is 0 Å². The first-order valence-electron chi connectivity index (χ1n) is 8.42. The first-order valence-corrected chi connectivity index (χ1v) is 8.42. The molecule has 1 N–H and O–H groups in total. The minimum atomic E-state index is -0.224. The summed E-state index contributed by atoms with van der Waals surface area (Å²) in [5.74, 6) is 1.65. The summed E-state index contributed by atoms with van der Waals surface area (Å²) in [4.78, 5) is 18.9. The quantitative estimate of drug-likeness (QED) is 0.884. The number of methoxy groups -OCH3 is 1. The van der Waals surface area contributed by atoms with Gasteiger partial charge in [-0.3, -0.25) is 0 Å². The monoisotopic (exact) mass is 349 g/mol. The molecule has 136 valence electrons. The third kappa shape index (κ3) is 3.81. The summed E-state index contributed by atoms with van der Waals surface area (Å²) >= 11 is 0. The highest BCUT2D eigenvalue weighted by Gasteiger charge is 2.32. The lowest BCUT2D eigenvalue weighted by atomic mass is 10.0. The Bertz CT molecular complexity index is 706. The number of aryl methyl sites for hydroxylation is 2. The summed E-state index contributed by atoms with van der Waals surface area (Å²) < 4.78 is 15.5. The Labute approximate surface area is 145 Å². The summed E-state index contributed by atoms with van der Waals surface area (Å²) in [5.41, 5.74) is 1.26. The number of carbonyl (C=O) groups excluding carboxylic acids is 1. The Morgan fingerprint density at radius 2 is 2.16 bits per heavy atom. The van der Waals surface area contributed by atoms with E-state index >= 15 is 0 Å². The van der Waals surface area contributed by atoms with Gasteiger partial charge >= 0.3 is 6.03 Å². The van der Waals surface area contributed by atoms with E-state index in [-0.39, 0.29) is 12.1 Å². The Morgan fingerprint density at radius 1 is 1.32 bits per heavy atom. The maximum absolute atomic E-state index is 12.8. The fraction of sp³-hybridized carbons (Fsp3) is 0.625. The van der Waals surface area contributed by atoms with Crippen LogP contribution in [0.1, 0.15) is 48.5 Å². The molecule has 0 aromatic carbocycles. The number of nitrogens with zero attached hydrogens (tertiary/aromatic N) is 4. The van der Waals surface area contributed by atoms with E-state index in [0.29, 0.717) is 48.4 Å². The molecule has 0 unspecified atom stereocenters. The second kappa shape index (κ2) is 7.64. The molecule has 2 aromatic rings. The smallest absolute Gasteiger partial charge is 0.322 e. The number of hydrogen-bond donors (Lipinski definition) is 1. The summed E-state index contributed by atoms with van der Waals surface area (Å²) in [6.07, 6.45) is 3.32. The lowest BCUT2D eigenvalue weighted by Gasteiger charge is -2.33. The molecule has 2 aromatic heterocycles. The molecule has 0 spiro atoms. The predicted octanol–water partition coefficient (Wildman–Crippen LogP) is 2.62. The van der Waals surface area contributed by atoms with Crippen molar-refractivity contribution in [2.75, 3.05) is 25.6 Å². The van der Waals surface area contributed by atoms with Crippen LogP contribution in [0.4, 0.5) is 10.5 Å². The molecular weight excluding hydrogens is 326 g/mol. The van der Waals surface area contributed by atoms with Gasteiger partial charge in [0.25, 0.3) is 0 Å². The van der Waals surface area contributed by atoms with E-state index in [2.05, 4.69) is 20.6 Å². The highest BCUT2D eigenvalue weighted by atomic mass is 16.5. The van der Waals surface area contributed by atoms with Gasteiger partial charge in [-0.05, 0) is 33.1 Å². The minimum Gasteiger partial charge on any atom is -0.384 e. The summed E-state index contributed by atoms with van der Waals surface area (Å²) in [5, 5.41) is 10.7. The highest BCUT2D eigenvalue weighted by molar-refractivity contribution is 5.90. The molecule has 0 bridgehead atoms. The van der Waals surface area contributed by atoms with Crippen molar-refractivity contribution in [3.8, 4) is 0 Å². The van der Waals surface area contributed by atoms with Crippen LogP contribution >= 0.6 is 0 Å². The topological polar surface area (TPSA) is 107 Å². The lowest BCUT2D eigenvalue weighted by Crippen LogP contribution is -2.41. The Balaban J connectivity index is 1.74. The number of nitrogens with one attached hydrogen (secondary N) is 1. The Hall–Kier alpha value is -2.42. The van der Waals surface area contributed by atoms with Gasteiger partial charge < -0.3 is 24.0 Å². The minimum absolute atomic E-state index is 0.212. The normalized spacial score (nSPS) is 17.7. The van der Waals surface area contributed by atoms with E-state index in [1.165, 1.54) is 0 Å². The molecule has 0 radical (unpaired) electrons. The molecule has 1 aliphatic heterocycles. The van der Waals surface area contributed by atoms with Crippen molar-refractivity contribution in [3.05, 3.63) is 23.2 Å². The van der Waals surface area contributed by atoms with Gasteiger partial charge in [0, 0.05) is 20.1 Å². The standard InChI is InChI=1S/C16H23N5O4/c1-10-14(11(2)24-19-10)18-16(22)21-8-5-4-6-12(21)15-17-13(20-25-15)7-9-23-3/h12H,4-9H2,1-3H3,(H,18,22)/t12-/m1/s1. The zero-order valence-electron chi connectivity index (χ0n) is 14.7. The lowest BCUT2D eigenvalue weighted by molar-refractivity contribution is 0.142. The van der Waals surface area contributed by atoms with Gasteiger partial charge in [0.05, 0.1) is 6.61 Å². The zero-order chi connectivity index (χ0) is 17.8. The zero-order valence-corrected chi connectivity index (χ0v) is 14.7. The van der Waals surface area contributed by atoms with Gasteiger partial charge in [0.1, 0.15) is 17.4 Å². The average Bonchev–Trinajstić information content (AvgIpc) is 3.22. The number of piperidine rings is 1. The average molecular weight is 349 g/mol. The summed E-state index contributed by atoms with van der Waals surface area (Å²) in [6, 6.07) is -0.436. The van der Waals surface area contributed by atoms with E-state index in [9.17, 15) is 4.79 Å². The van der Waals surface area contributed by atoms with Crippen molar-refractivity contribution >= 4 is 11.7 Å².